The standard InChI is InChI=1S/C12H9ClN4/c1-7-10(6-14)11(15)17-12(16-7)8-2-4-9(13)5-3-8/h2-5H,1H3,(H2,15,16,17). The van der Waals surface area contributed by atoms with E-state index in [0.717, 1.165) is 5.56 Å². The SMILES string of the molecule is Cc1nc(-c2ccc(Cl)cc2)nc(N)c1C#N. The van der Waals surface area contributed by atoms with Gasteiger partial charge < -0.3 is 5.73 Å². The maximum atomic E-state index is 8.87. The third-order valence-corrected chi connectivity index (χ3v) is 2.58. The Hall–Kier alpha value is -2.12. The molecule has 1 aromatic carbocycles. The molecular formula is C12H9ClN4. The third kappa shape index (κ3) is 2.19. The lowest BCUT2D eigenvalue weighted by molar-refractivity contribution is 1.10. The highest BCUT2D eigenvalue weighted by Crippen LogP contribution is 2.21. The van der Waals surface area contributed by atoms with Gasteiger partial charge in [0, 0.05) is 10.6 Å². The molecule has 2 N–H and O–H groups in total. The topological polar surface area (TPSA) is 75.6 Å². The Morgan fingerprint density at radius 2 is 1.88 bits per heavy atom. The van der Waals surface area contributed by atoms with E-state index in [-0.39, 0.29) is 5.82 Å². The predicted octanol–water partition coefficient (Wildman–Crippen LogP) is 2.56. The van der Waals surface area contributed by atoms with Crippen LogP contribution in [-0.2, 0) is 0 Å². The van der Waals surface area contributed by atoms with Gasteiger partial charge in [-0.2, -0.15) is 5.26 Å². The smallest absolute Gasteiger partial charge is 0.161 e. The molecule has 0 aliphatic carbocycles. The molecule has 0 saturated carbocycles. The number of anilines is 1. The summed E-state index contributed by atoms with van der Waals surface area (Å²) in [6.07, 6.45) is 0. The number of aryl methyl sites for hydroxylation is 1. The number of nitrogen functional groups attached to an aromatic ring is 1. The molecule has 2 rings (SSSR count). The minimum atomic E-state index is 0.199. The zero-order chi connectivity index (χ0) is 12.4. The minimum Gasteiger partial charge on any atom is -0.382 e. The molecule has 0 aliphatic heterocycles. The molecule has 0 spiro atoms. The van der Waals surface area contributed by atoms with Crippen LogP contribution in [0.1, 0.15) is 11.3 Å². The average molecular weight is 245 g/mol. The van der Waals surface area contributed by atoms with Crippen molar-refractivity contribution in [3.8, 4) is 17.5 Å². The van der Waals surface area contributed by atoms with Gasteiger partial charge in [0.1, 0.15) is 17.5 Å². The van der Waals surface area contributed by atoms with Crippen molar-refractivity contribution < 1.29 is 0 Å². The van der Waals surface area contributed by atoms with Gasteiger partial charge in [-0.05, 0) is 31.2 Å². The molecular weight excluding hydrogens is 236 g/mol. The van der Waals surface area contributed by atoms with Gasteiger partial charge in [0.15, 0.2) is 5.82 Å². The van der Waals surface area contributed by atoms with E-state index >= 15 is 0 Å². The number of hydrogen-bond donors (Lipinski definition) is 1. The number of benzene rings is 1. The monoisotopic (exact) mass is 244 g/mol. The van der Waals surface area contributed by atoms with Gasteiger partial charge in [-0.15, -0.1) is 0 Å². The van der Waals surface area contributed by atoms with Crippen LogP contribution in [0.25, 0.3) is 11.4 Å². The molecule has 84 valence electrons. The molecule has 0 aliphatic rings. The van der Waals surface area contributed by atoms with Crippen LogP contribution in [0.5, 0.6) is 0 Å². The molecule has 0 unspecified atom stereocenters. The summed E-state index contributed by atoms with van der Waals surface area (Å²) in [6.45, 7) is 1.73. The van der Waals surface area contributed by atoms with E-state index in [1.165, 1.54) is 0 Å². The van der Waals surface area contributed by atoms with Gasteiger partial charge in [0.05, 0.1) is 5.69 Å². The van der Waals surface area contributed by atoms with E-state index in [9.17, 15) is 0 Å². The number of aromatic nitrogens is 2. The van der Waals surface area contributed by atoms with Crippen molar-refractivity contribution in [1.29, 1.82) is 5.26 Å². The lowest BCUT2D eigenvalue weighted by Crippen LogP contribution is -2.02. The first-order valence-corrected chi connectivity index (χ1v) is 5.30. The zero-order valence-electron chi connectivity index (χ0n) is 9.11. The highest BCUT2D eigenvalue weighted by molar-refractivity contribution is 6.30. The van der Waals surface area contributed by atoms with Crippen molar-refractivity contribution in [2.75, 3.05) is 5.73 Å². The van der Waals surface area contributed by atoms with Gasteiger partial charge >= 0.3 is 0 Å². The summed E-state index contributed by atoms with van der Waals surface area (Å²) in [5.74, 6) is 0.695. The van der Waals surface area contributed by atoms with Crippen molar-refractivity contribution in [3.63, 3.8) is 0 Å². The fourth-order valence-electron chi connectivity index (χ4n) is 1.46. The fraction of sp³-hybridized carbons (Fsp3) is 0.0833. The minimum absolute atomic E-state index is 0.199. The highest BCUT2D eigenvalue weighted by atomic mass is 35.5. The van der Waals surface area contributed by atoms with Gasteiger partial charge in [-0.25, -0.2) is 9.97 Å². The van der Waals surface area contributed by atoms with Gasteiger partial charge in [0.25, 0.3) is 0 Å². The van der Waals surface area contributed by atoms with E-state index < -0.39 is 0 Å². The van der Waals surface area contributed by atoms with Crippen LogP contribution >= 0.6 is 11.6 Å². The molecule has 4 nitrogen and oxygen atoms in total. The first-order chi connectivity index (χ1) is 8.11. The number of nitrogens with two attached hydrogens (primary N) is 1. The van der Waals surface area contributed by atoms with Crippen LogP contribution in [0, 0.1) is 18.3 Å². The molecule has 0 radical (unpaired) electrons. The first-order valence-electron chi connectivity index (χ1n) is 4.92. The van der Waals surface area contributed by atoms with Gasteiger partial charge in [-0.1, -0.05) is 11.6 Å². The second kappa shape index (κ2) is 4.40. The molecule has 0 saturated heterocycles. The highest BCUT2D eigenvalue weighted by Gasteiger charge is 2.09. The Labute approximate surface area is 104 Å². The summed E-state index contributed by atoms with van der Waals surface area (Å²) >= 11 is 5.80. The number of halogens is 1. The van der Waals surface area contributed by atoms with Crippen LogP contribution in [0.3, 0.4) is 0 Å². The lowest BCUT2D eigenvalue weighted by atomic mass is 10.2. The zero-order valence-corrected chi connectivity index (χ0v) is 9.86. The second-order valence-electron chi connectivity index (χ2n) is 3.51. The molecule has 0 amide bonds. The summed E-state index contributed by atoms with van der Waals surface area (Å²) < 4.78 is 0. The van der Waals surface area contributed by atoms with Crippen LogP contribution in [-0.4, -0.2) is 9.97 Å². The van der Waals surface area contributed by atoms with Crippen molar-refractivity contribution >= 4 is 17.4 Å². The van der Waals surface area contributed by atoms with E-state index in [1.54, 1.807) is 19.1 Å². The molecule has 0 atom stereocenters. The average Bonchev–Trinajstić information content (AvgIpc) is 2.29. The molecule has 2 aromatic rings. The summed E-state index contributed by atoms with van der Waals surface area (Å²) in [4.78, 5) is 8.35. The van der Waals surface area contributed by atoms with Crippen LogP contribution in [0.2, 0.25) is 5.02 Å². The Bertz CT molecular complexity index is 576. The Morgan fingerprint density at radius 3 is 2.41 bits per heavy atom. The van der Waals surface area contributed by atoms with Crippen molar-refractivity contribution in [3.05, 3.63) is 40.5 Å². The maximum absolute atomic E-state index is 8.87. The van der Waals surface area contributed by atoms with Crippen molar-refractivity contribution in [1.82, 2.24) is 9.97 Å². The Balaban J connectivity index is 2.55. The molecule has 1 aromatic heterocycles. The number of nitrogens with zero attached hydrogens (tertiary/aromatic N) is 3. The summed E-state index contributed by atoms with van der Waals surface area (Å²) in [5.41, 5.74) is 7.41. The molecule has 1 heterocycles. The van der Waals surface area contributed by atoms with Gasteiger partial charge in [-0.3, -0.25) is 0 Å². The molecule has 5 heteroatoms. The summed E-state index contributed by atoms with van der Waals surface area (Å²) in [6, 6.07) is 9.10. The quantitative estimate of drug-likeness (QED) is 0.837. The van der Waals surface area contributed by atoms with E-state index in [2.05, 4.69) is 9.97 Å². The number of rotatable bonds is 1. The van der Waals surface area contributed by atoms with Crippen molar-refractivity contribution in [2.45, 2.75) is 6.92 Å². The third-order valence-electron chi connectivity index (χ3n) is 2.33. The van der Waals surface area contributed by atoms with E-state index in [0.29, 0.717) is 22.1 Å². The maximum Gasteiger partial charge on any atom is 0.161 e. The Morgan fingerprint density at radius 1 is 1.24 bits per heavy atom. The summed E-state index contributed by atoms with van der Waals surface area (Å²) in [7, 11) is 0. The van der Waals surface area contributed by atoms with E-state index in [4.69, 9.17) is 22.6 Å². The molecule has 0 fully saturated rings. The first kappa shape index (κ1) is 11.4. The fourth-order valence-corrected chi connectivity index (χ4v) is 1.59. The summed E-state index contributed by atoms with van der Waals surface area (Å²) in [5, 5.41) is 9.52. The predicted molar refractivity (Wildman–Crippen MR) is 66.3 cm³/mol. The van der Waals surface area contributed by atoms with Crippen LogP contribution in [0.15, 0.2) is 24.3 Å². The van der Waals surface area contributed by atoms with Crippen LogP contribution in [0.4, 0.5) is 5.82 Å². The normalized spacial score (nSPS) is 9.94. The van der Waals surface area contributed by atoms with Crippen LogP contribution < -0.4 is 5.73 Å². The lowest BCUT2D eigenvalue weighted by Gasteiger charge is -2.05. The number of nitriles is 1. The van der Waals surface area contributed by atoms with Gasteiger partial charge in [0.2, 0.25) is 0 Å². The number of hydrogen-bond acceptors (Lipinski definition) is 4. The largest absolute Gasteiger partial charge is 0.382 e. The molecule has 0 bridgehead atoms. The Kier molecular flexibility index (Phi) is 2.94. The van der Waals surface area contributed by atoms with E-state index in [1.807, 2.05) is 18.2 Å². The second-order valence-corrected chi connectivity index (χ2v) is 3.95. The van der Waals surface area contributed by atoms with Crippen molar-refractivity contribution in [2.24, 2.45) is 0 Å². The molecule has 17 heavy (non-hydrogen) atoms.